The summed E-state index contributed by atoms with van der Waals surface area (Å²) in [4.78, 5) is 32.9. The van der Waals surface area contributed by atoms with Crippen LogP contribution in [0.2, 0.25) is 0 Å². The molecular formula is C34H30F4N8O2. The van der Waals surface area contributed by atoms with Crippen LogP contribution in [0.15, 0.2) is 67.3 Å². The average Bonchev–Trinajstić information content (AvgIpc) is 3.66. The first kappa shape index (κ1) is 32.3. The minimum absolute atomic E-state index is 0.138. The van der Waals surface area contributed by atoms with Crippen molar-refractivity contribution in [2.24, 2.45) is 7.05 Å². The molecule has 14 heteroatoms. The summed E-state index contributed by atoms with van der Waals surface area (Å²) in [5.41, 5.74) is -0.989. The molecule has 246 valence electrons. The molecule has 0 radical (unpaired) electrons. The highest BCUT2D eigenvalue weighted by molar-refractivity contribution is 6.05. The Morgan fingerprint density at radius 2 is 1.81 bits per heavy atom. The molecule has 2 amide bonds. The van der Waals surface area contributed by atoms with Gasteiger partial charge in [-0.25, -0.2) is 9.37 Å². The van der Waals surface area contributed by atoms with E-state index in [0.717, 1.165) is 6.92 Å². The van der Waals surface area contributed by atoms with E-state index in [0.29, 0.717) is 23.6 Å². The quantitative estimate of drug-likeness (QED) is 0.192. The lowest BCUT2D eigenvalue weighted by Gasteiger charge is -2.33. The molecule has 2 aromatic carbocycles. The summed E-state index contributed by atoms with van der Waals surface area (Å²) in [7, 11) is 3.39. The second kappa shape index (κ2) is 12.8. The van der Waals surface area contributed by atoms with E-state index in [9.17, 15) is 22.8 Å². The van der Waals surface area contributed by atoms with Gasteiger partial charge >= 0.3 is 6.18 Å². The van der Waals surface area contributed by atoms with Crippen LogP contribution < -0.4 is 10.6 Å². The highest BCUT2D eigenvalue weighted by atomic mass is 19.4. The van der Waals surface area contributed by atoms with Crippen LogP contribution in [0.1, 0.15) is 38.3 Å². The lowest BCUT2D eigenvalue weighted by Crippen LogP contribution is -2.48. The maximum atomic E-state index is 16.6. The molecule has 0 aliphatic carbocycles. The van der Waals surface area contributed by atoms with Crippen molar-refractivity contribution in [1.82, 2.24) is 29.0 Å². The Morgan fingerprint density at radius 1 is 1.04 bits per heavy atom. The molecule has 0 unspecified atom stereocenters. The third kappa shape index (κ3) is 6.45. The van der Waals surface area contributed by atoms with Gasteiger partial charge in [-0.15, -0.1) is 0 Å². The van der Waals surface area contributed by atoms with Crippen LogP contribution in [0.3, 0.4) is 0 Å². The molecule has 0 saturated carbocycles. The number of fused-ring (bicyclic) bond motifs is 1. The number of piperazine rings is 1. The Balaban J connectivity index is 1.48. The average molecular weight is 659 g/mol. The van der Waals surface area contributed by atoms with Crippen LogP contribution in [0.5, 0.6) is 0 Å². The van der Waals surface area contributed by atoms with Crippen molar-refractivity contribution in [2.75, 3.05) is 37.3 Å². The normalized spacial score (nSPS) is 13.8. The Morgan fingerprint density at radius 3 is 2.50 bits per heavy atom. The molecule has 48 heavy (non-hydrogen) atoms. The number of carbonyl (C=O) groups excluding carboxylic acids is 2. The zero-order valence-electron chi connectivity index (χ0n) is 26.2. The SMILES string of the molecule is Cc1c(NC(=O)c2ccccc2)c(F)c(C#Cc2cnc3c(Nc4cnn(C)c4)cccn23)c(CN2CCN(C)C(=O)C2)c1C(F)(F)F. The number of aromatic nitrogens is 4. The number of pyridine rings is 1. The summed E-state index contributed by atoms with van der Waals surface area (Å²) in [5.74, 6) is 3.31. The van der Waals surface area contributed by atoms with Crippen molar-refractivity contribution in [3.8, 4) is 11.8 Å². The van der Waals surface area contributed by atoms with Crippen LogP contribution in [-0.2, 0) is 24.6 Å². The number of imidazole rings is 1. The third-order valence-electron chi connectivity index (χ3n) is 8.10. The van der Waals surface area contributed by atoms with Gasteiger partial charge in [0, 0.05) is 51.7 Å². The first-order valence-electron chi connectivity index (χ1n) is 14.9. The van der Waals surface area contributed by atoms with Crippen molar-refractivity contribution in [3.05, 3.63) is 107 Å². The Labute approximate surface area is 273 Å². The Kier molecular flexibility index (Phi) is 8.63. The second-order valence-corrected chi connectivity index (χ2v) is 11.4. The number of halogens is 4. The van der Waals surface area contributed by atoms with E-state index in [2.05, 4.69) is 32.6 Å². The molecule has 0 bridgehead atoms. The van der Waals surface area contributed by atoms with Gasteiger partial charge in [-0.05, 0) is 48.2 Å². The van der Waals surface area contributed by atoms with Gasteiger partial charge in [0.05, 0.1) is 47.1 Å². The number of rotatable bonds is 6. The summed E-state index contributed by atoms with van der Waals surface area (Å²) >= 11 is 0. The minimum atomic E-state index is -4.94. The zero-order valence-corrected chi connectivity index (χ0v) is 26.2. The molecule has 10 nitrogen and oxygen atoms in total. The van der Waals surface area contributed by atoms with Crippen LogP contribution in [0.4, 0.5) is 34.6 Å². The van der Waals surface area contributed by atoms with E-state index in [1.165, 1.54) is 28.1 Å². The fourth-order valence-electron chi connectivity index (χ4n) is 5.63. The molecule has 2 N–H and O–H groups in total. The Hall–Kier alpha value is -5.68. The number of alkyl halides is 3. The van der Waals surface area contributed by atoms with Gasteiger partial charge in [-0.2, -0.15) is 18.3 Å². The fourth-order valence-corrected chi connectivity index (χ4v) is 5.63. The molecule has 0 atom stereocenters. The predicted octanol–water partition coefficient (Wildman–Crippen LogP) is 5.20. The molecule has 5 aromatic rings. The van der Waals surface area contributed by atoms with E-state index >= 15 is 4.39 Å². The molecule has 4 heterocycles. The summed E-state index contributed by atoms with van der Waals surface area (Å²) < 4.78 is 64.5. The summed E-state index contributed by atoms with van der Waals surface area (Å²) in [5, 5.41) is 9.71. The van der Waals surface area contributed by atoms with Gasteiger partial charge in [-0.3, -0.25) is 23.6 Å². The monoisotopic (exact) mass is 658 g/mol. The predicted molar refractivity (Wildman–Crippen MR) is 171 cm³/mol. The minimum Gasteiger partial charge on any atom is -0.350 e. The summed E-state index contributed by atoms with van der Waals surface area (Å²) in [6.07, 6.45) is 1.58. The molecule has 0 spiro atoms. The van der Waals surface area contributed by atoms with Gasteiger partial charge < -0.3 is 15.5 Å². The molecule has 1 saturated heterocycles. The van der Waals surface area contributed by atoms with Crippen molar-refractivity contribution in [2.45, 2.75) is 19.6 Å². The van der Waals surface area contributed by atoms with Gasteiger partial charge in [-0.1, -0.05) is 24.1 Å². The fraction of sp³-hybridized carbons (Fsp3) is 0.235. The number of benzene rings is 2. The van der Waals surface area contributed by atoms with Crippen molar-refractivity contribution >= 4 is 34.5 Å². The number of nitrogens with zero attached hydrogens (tertiary/aromatic N) is 6. The maximum Gasteiger partial charge on any atom is 0.417 e. The molecule has 1 aliphatic rings. The van der Waals surface area contributed by atoms with Crippen molar-refractivity contribution < 1.29 is 27.2 Å². The molecular weight excluding hydrogens is 628 g/mol. The summed E-state index contributed by atoms with van der Waals surface area (Å²) in [6.45, 7) is 1.15. The van der Waals surface area contributed by atoms with Crippen molar-refractivity contribution in [1.29, 1.82) is 0 Å². The van der Waals surface area contributed by atoms with E-state index in [4.69, 9.17) is 0 Å². The van der Waals surface area contributed by atoms with Crippen LogP contribution >= 0.6 is 0 Å². The molecule has 6 rings (SSSR count). The highest BCUT2D eigenvalue weighted by Crippen LogP contribution is 2.41. The number of amides is 2. The number of hydrogen-bond donors (Lipinski definition) is 2. The number of carbonyl (C=O) groups is 2. The smallest absolute Gasteiger partial charge is 0.350 e. The first-order valence-corrected chi connectivity index (χ1v) is 14.9. The van der Waals surface area contributed by atoms with Crippen LogP contribution in [-0.4, -0.2) is 67.5 Å². The standard InChI is InChI=1S/C34H30F4N8O2/c1-21-29(34(36,37)38)26(19-45-15-14-43(2)28(47)20-45)25(30(35)31(21)42-33(48)22-8-5-4-6-9-22)12-11-24-17-39-32-27(10-7-13-46(24)32)41-23-16-40-44(3)18-23/h4-10,13,16-18,41H,14-15,19-20H2,1-3H3,(H,42,48). The summed E-state index contributed by atoms with van der Waals surface area (Å²) in [6, 6.07) is 11.3. The maximum absolute atomic E-state index is 16.6. The van der Waals surface area contributed by atoms with Crippen molar-refractivity contribution in [3.63, 3.8) is 0 Å². The van der Waals surface area contributed by atoms with E-state index in [1.807, 2.05) is 0 Å². The Bertz CT molecular complexity index is 2090. The first-order chi connectivity index (χ1) is 22.9. The van der Waals surface area contributed by atoms with E-state index in [-0.39, 0.29) is 30.3 Å². The third-order valence-corrected chi connectivity index (χ3v) is 8.10. The van der Waals surface area contributed by atoms with Crippen LogP contribution in [0, 0.1) is 24.6 Å². The van der Waals surface area contributed by atoms with Crippen LogP contribution in [0.25, 0.3) is 5.65 Å². The lowest BCUT2D eigenvalue weighted by atomic mass is 9.92. The number of anilines is 3. The van der Waals surface area contributed by atoms with Gasteiger partial charge in [0.15, 0.2) is 11.5 Å². The second-order valence-electron chi connectivity index (χ2n) is 11.4. The molecule has 1 fully saturated rings. The van der Waals surface area contributed by atoms with Gasteiger partial charge in [0.1, 0.15) is 5.69 Å². The molecule has 3 aromatic heterocycles. The van der Waals surface area contributed by atoms with E-state index in [1.54, 1.807) is 72.1 Å². The van der Waals surface area contributed by atoms with E-state index < -0.39 is 52.4 Å². The number of likely N-dealkylation sites (N-methyl/N-ethyl adjacent to an activating group) is 1. The lowest BCUT2D eigenvalue weighted by molar-refractivity contribution is -0.139. The highest BCUT2D eigenvalue weighted by Gasteiger charge is 2.40. The van der Waals surface area contributed by atoms with Gasteiger partial charge in [0.2, 0.25) is 5.91 Å². The number of nitrogens with one attached hydrogen (secondary N) is 2. The largest absolute Gasteiger partial charge is 0.417 e. The van der Waals surface area contributed by atoms with Gasteiger partial charge in [0.25, 0.3) is 5.91 Å². The molecule has 1 aliphatic heterocycles. The zero-order chi connectivity index (χ0) is 34.2. The topological polar surface area (TPSA) is 99.8 Å². The number of aryl methyl sites for hydroxylation is 1. The number of hydrogen-bond acceptors (Lipinski definition) is 6.